The summed E-state index contributed by atoms with van der Waals surface area (Å²) >= 11 is 0.839. The largest absolute Gasteiger partial charge is 0.425 e. The van der Waals surface area contributed by atoms with Crippen molar-refractivity contribution >= 4 is 11.3 Å². The summed E-state index contributed by atoms with van der Waals surface area (Å²) in [5.41, 5.74) is -0.00459. The van der Waals surface area contributed by atoms with E-state index >= 15 is 0 Å². The number of nitrogens with zero attached hydrogens (tertiary/aromatic N) is 3. The third kappa shape index (κ3) is 4.78. The van der Waals surface area contributed by atoms with Crippen LogP contribution >= 0.6 is 11.3 Å². The summed E-state index contributed by atoms with van der Waals surface area (Å²) in [5, 5.41) is 25.5. The van der Waals surface area contributed by atoms with Crippen molar-refractivity contribution in [1.82, 2.24) is 14.7 Å². The predicted octanol–water partition coefficient (Wildman–Crippen LogP) is 2.93. The maximum atomic E-state index is 13.3. The van der Waals surface area contributed by atoms with E-state index in [9.17, 15) is 23.4 Å². The molecule has 1 spiro atoms. The fourth-order valence-electron chi connectivity index (χ4n) is 5.26. The van der Waals surface area contributed by atoms with Gasteiger partial charge in [-0.15, -0.1) is 11.3 Å². The molecule has 0 aliphatic carbocycles. The summed E-state index contributed by atoms with van der Waals surface area (Å²) in [4.78, 5) is 2.47. The highest BCUT2D eigenvalue weighted by molar-refractivity contribution is 7.12. The van der Waals surface area contributed by atoms with Gasteiger partial charge in [0.15, 0.2) is 0 Å². The first-order valence-electron chi connectivity index (χ1n) is 11.7. The van der Waals surface area contributed by atoms with Crippen molar-refractivity contribution in [1.29, 1.82) is 0 Å². The lowest BCUT2D eigenvalue weighted by Gasteiger charge is -2.43. The molecule has 0 bridgehead atoms. The molecule has 5 heterocycles. The Balaban J connectivity index is 1.19. The highest BCUT2D eigenvalue weighted by Gasteiger charge is 2.45. The van der Waals surface area contributed by atoms with Crippen LogP contribution in [-0.2, 0) is 40.8 Å². The summed E-state index contributed by atoms with van der Waals surface area (Å²) in [6.07, 6.45) is 1.02. The van der Waals surface area contributed by atoms with Crippen LogP contribution in [0.15, 0.2) is 18.5 Å². The Morgan fingerprint density at radius 1 is 1.15 bits per heavy atom. The Morgan fingerprint density at radius 2 is 1.88 bits per heavy atom. The Hall–Kier alpha value is -1.50. The van der Waals surface area contributed by atoms with E-state index in [0.29, 0.717) is 71.6 Å². The van der Waals surface area contributed by atoms with E-state index in [1.807, 2.05) is 6.20 Å². The minimum atomic E-state index is -4.32. The van der Waals surface area contributed by atoms with Gasteiger partial charge >= 0.3 is 6.18 Å². The van der Waals surface area contributed by atoms with Gasteiger partial charge in [-0.2, -0.15) is 18.3 Å². The second kappa shape index (κ2) is 9.18. The Bertz CT molecular complexity index is 994. The number of hydrogen-bond donors (Lipinski definition) is 2. The lowest BCUT2D eigenvalue weighted by atomic mass is 9.85. The minimum Gasteiger partial charge on any atom is -0.388 e. The molecule has 0 saturated carbocycles. The van der Waals surface area contributed by atoms with Gasteiger partial charge in [-0.1, -0.05) is 0 Å². The number of aliphatic hydroxyl groups is 2. The highest BCUT2D eigenvalue weighted by atomic mass is 32.1. The Kier molecular flexibility index (Phi) is 6.54. The zero-order valence-corrected chi connectivity index (χ0v) is 19.7. The number of piperidine rings is 1. The van der Waals surface area contributed by atoms with Crippen LogP contribution < -0.4 is 0 Å². The first kappa shape index (κ1) is 24.2. The summed E-state index contributed by atoms with van der Waals surface area (Å²) in [5.74, 6) is 0. The first-order chi connectivity index (χ1) is 16.2. The van der Waals surface area contributed by atoms with E-state index in [1.54, 1.807) is 10.9 Å². The van der Waals surface area contributed by atoms with E-state index in [2.05, 4.69) is 10.00 Å². The monoisotopic (exact) mass is 501 g/mol. The Morgan fingerprint density at radius 3 is 2.59 bits per heavy atom. The van der Waals surface area contributed by atoms with E-state index in [-0.39, 0.29) is 6.54 Å². The number of ether oxygens (including phenoxy) is 2. The van der Waals surface area contributed by atoms with Crippen molar-refractivity contribution < 1.29 is 32.9 Å². The Labute approximate surface area is 200 Å². The van der Waals surface area contributed by atoms with Gasteiger partial charge in [0.2, 0.25) is 0 Å². The quantitative estimate of drug-likeness (QED) is 0.656. The standard InChI is InChI=1S/C23H30F3N3O4S/c24-23(25,26)19-11-17-1-8-33-22(20(17)34-19)2-6-28(7-3-22)13-16-12-27-29(14-16)15-18(30)21(31)4-9-32-10-5-21/h11-12,14,18,30-31H,1-10,13,15H2. The number of likely N-dealkylation sites (tertiary alicyclic amines) is 1. The van der Waals surface area contributed by atoms with E-state index in [0.717, 1.165) is 27.3 Å². The van der Waals surface area contributed by atoms with Crippen LogP contribution in [0.2, 0.25) is 0 Å². The molecule has 0 aromatic carbocycles. The van der Waals surface area contributed by atoms with Crippen molar-refractivity contribution in [3.63, 3.8) is 0 Å². The number of thiophene rings is 1. The van der Waals surface area contributed by atoms with E-state index < -0.39 is 28.4 Å². The molecule has 2 aromatic heterocycles. The molecule has 3 aliphatic heterocycles. The van der Waals surface area contributed by atoms with E-state index in [1.165, 1.54) is 6.07 Å². The third-order valence-corrected chi connectivity index (χ3v) is 8.76. The smallest absolute Gasteiger partial charge is 0.388 e. The number of alkyl halides is 3. The number of fused-ring (bicyclic) bond motifs is 2. The third-order valence-electron chi connectivity index (χ3n) is 7.35. The van der Waals surface area contributed by atoms with Gasteiger partial charge in [0.05, 0.1) is 24.9 Å². The second-order valence-electron chi connectivity index (χ2n) is 9.63. The molecule has 7 nitrogen and oxygen atoms in total. The van der Waals surface area contributed by atoms with Gasteiger partial charge in [-0.05, 0) is 30.9 Å². The molecule has 1 atom stereocenters. The van der Waals surface area contributed by atoms with Crippen molar-refractivity contribution in [2.75, 3.05) is 32.9 Å². The maximum Gasteiger partial charge on any atom is 0.425 e. The molecule has 2 aromatic rings. The molecule has 0 radical (unpaired) electrons. The van der Waals surface area contributed by atoms with Crippen LogP contribution in [0.4, 0.5) is 13.2 Å². The van der Waals surface area contributed by atoms with Crippen LogP contribution in [0, 0.1) is 0 Å². The van der Waals surface area contributed by atoms with Gasteiger partial charge in [0, 0.05) is 62.3 Å². The molecular weight excluding hydrogens is 471 g/mol. The van der Waals surface area contributed by atoms with Crippen LogP contribution in [0.3, 0.4) is 0 Å². The summed E-state index contributed by atoms with van der Waals surface area (Å²) in [7, 11) is 0. The number of hydrogen-bond acceptors (Lipinski definition) is 7. The van der Waals surface area contributed by atoms with Crippen LogP contribution in [0.5, 0.6) is 0 Å². The molecule has 1 unspecified atom stereocenters. The molecule has 3 aliphatic rings. The van der Waals surface area contributed by atoms with E-state index in [4.69, 9.17) is 9.47 Å². The van der Waals surface area contributed by atoms with Gasteiger partial charge in [0.25, 0.3) is 0 Å². The van der Waals surface area contributed by atoms with Gasteiger partial charge < -0.3 is 19.7 Å². The highest BCUT2D eigenvalue weighted by Crippen LogP contribution is 2.48. The van der Waals surface area contributed by atoms with Crippen molar-refractivity contribution in [3.05, 3.63) is 39.3 Å². The number of aromatic nitrogens is 2. The number of halogens is 3. The molecular formula is C23H30F3N3O4S. The normalized spacial score (nSPS) is 23.7. The molecule has 2 saturated heterocycles. The van der Waals surface area contributed by atoms with Gasteiger partial charge in [-0.25, -0.2) is 0 Å². The average Bonchev–Trinajstić information content (AvgIpc) is 3.44. The molecule has 188 valence electrons. The SMILES string of the molecule is OC(Cn1cc(CN2CCC3(CC2)OCCc2cc(C(F)(F)F)sc23)cn1)C1(O)CCOCC1. The number of rotatable bonds is 5. The van der Waals surface area contributed by atoms with Gasteiger partial charge in [0.1, 0.15) is 16.6 Å². The zero-order chi connectivity index (χ0) is 24.0. The fourth-order valence-corrected chi connectivity index (χ4v) is 6.53. The molecule has 11 heteroatoms. The van der Waals surface area contributed by atoms with Crippen LogP contribution in [-0.4, -0.2) is 69.5 Å². The number of aliphatic hydroxyl groups excluding tert-OH is 1. The topological polar surface area (TPSA) is 80.0 Å². The van der Waals surface area contributed by atoms with Crippen molar-refractivity contribution in [2.24, 2.45) is 0 Å². The first-order valence-corrected chi connectivity index (χ1v) is 12.5. The molecule has 2 fully saturated rings. The molecule has 2 N–H and O–H groups in total. The van der Waals surface area contributed by atoms with Crippen LogP contribution in [0.25, 0.3) is 0 Å². The fraction of sp³-hybridized carbons (Fsp3) is 0.696. The molecule has 34 heavy (non-hydrogen) atoms. The van der Waals surface area contributed by atoms with Crippen molar-refractivity contribution in [3.8, 4) is 0 Å². The summed E-state index contributed by atoms with van der Waals surface area (Å²) < 4.78 is 52.8. The lowest BCUT2D eigenvalue weighted by molar-refractivity contribution is -0.136. The summed E-state index contributed by atoms with van der Waals surface area (Å²) in [6.45, 7) is 3.61. The maximum absolute atomic E-state index is 13.3. The second-order valence-corrected chi connectivity index (χ2v) is 10.7. The van der Waals surface area contributed by atoms with Gasteiger partial charge in [-0.3, -0.25) is 9.58 Å². The predicted molar refractivity (Wildman–Crippen MR) is 118 cm³/mol. The molecule has 5 rings (SSSR count). The summed E-state index contributed by atoms with van der Waals surface area (Å²) in [6, 6.07) is 1.30. The van der Waals surface area contributed by atoms with Crippen molar-refractivity contribution in [2.45, 2.75) is 68.7 Å². The minimum absolute atomic E-state index is 0.205. The average molecular weight is 502 g/mol. The van der Waals surface area contributed by atoms with Crippen LogP contribution in [0.1, 0.15) is 46.6 Å². The lowest BCUT2D eigenvalue weighted by Crippen LogP contribution is -2.48. The zero-order valence-electron chi connectivity index (χ0n) is 18.9. The molecule has 0 amide bonds.